The molecule has 0 N–H and O–H groups in total. The van der Waals surface area contributed by atoms with E-state index in [1.807, 2.05) is 6.92 Å². The molecule has 0 radical (unpaired) electrons. The molecule has 1 atom stereocenters. The van der Waals surface area contributed by atoms with Crippen LogP contribution in [-0.2, 0) is 9.59 Å². The standard InChI is InChI=1S/C14H22N2O2/c1-4-9-15(10-5-2)13(17)14(18)16-11-7-6-8-12(16)3/h4-5,12H,1-2,6-11H2,3H3. The predicted molar refractivity (Wildman–Crippen MR) is 72.0 cm³/mol. The fraction of sp³-hybridized carbons (Fsp3) is 0.571. The van der Waals surface area contributed by atoms with Gasteiger partial charge in [-0.1, -0.05) is 12.2 Å². The molecule has 1 fully saturated rings. The van der Waals surface area contributed by atoms with E-state index in [0.29, 0.717) is 19.6 Å². The van der Waals surface area contributed by atoms with Crippen molar-refractivity contribution in [3.05, 3.63) is 25.3 Å². The molecule has 0 saturated carbocycles. The van der Waals surface area contributed by atoms with E-state index in [-0.39, 0.29) is 6.04 Å². The predicted octanol–water partition coefficient (Wildman–Crippen LogP) is 1.59. The smallest absolute Gasteiger partial charge is 0.312 e. The minimum Gasteiger partial charge on any atom is -0.332 e. The number of carbonyl (C=O) groups excluding carboxylic acids is 2. The maximum atomic E-state index is 12.2. The van der Waals surface area contributed by atoms with Crippen LogP contribution in [0.15, 0.2) is 25.3 Å². The Morgan fingerprint density at radius 2 is 1.89 bits per heavy atom. The summed E-state index contributed by atoms with van der Waals surface area (Å²) < 4.78 is 0. The van der Waals surface area contributed by atoms with Crippen LogP contribution < -0.4 is 0 Å². The summed E-state index contributed by atoms with van der Waals surface area (Å²) >= 11 is 0. The number of piperidine rings is 1. The van der Waals surface area contributed by atoms with Gasteiger partial charge < -0.3 is 9.80 Å². The topological polar surface area (TPSA) is 40.6 Å². The van der Waals surface area contributed by atoms with E-state index in [0.717, 1.165) is 19.3 Å². The number of hydrogen-bond acceptors (Lipinski definition) is 2. The van der Waals surface area contributed by atoms with Gasteiger partial charge in [-0.05, 0) is 26.2 Å². The monoisotopic (exact) mass is 250 g/mol. The van der Waals surface area contributed by atoms with Crippen molar-refractivity contribution >= 4 is 11.8 Å². The van der Waals surface area contributed by atoms with Crippen molar-refractivity contribution < 1.29 is 9.59 Å². The maximum absolute atomic E-state index is 12.2. The molecule has 0 aromatic heterocycles. The zero-order valence-electron chi connectivity index (χ0n) is 11.1. The van der Waals surface area contributed by atoms with Crippen molar-refractivity contribution in [2.45, 2.75) is 32.2 Å². The first kappa shape index (κ1) is 14.5. The molecule has 1 rings (SSSR count). The molecule has 1 heterocycles. The molecular formula is C14H22N2O2. The SMILES string of the molecule is C=CCN(CC=C)C(=O)C(=O)N1CCCCC1C. The van der Waals surface area contributed by atoms with Gasteiger partial charge in [0.15, 0.2) is 0 Å². The van der Waals surface area contributed by atoms with Crippen LogP contribution in [0.5, 0.6) is 0 Å². The fourth-order valence-corrected chi connectivity index (χ4v) is 2.21. The Morgan fingerprint density at radius 1 is 1.28 bits per heavy atom. The highest BCUT2D eigenvalue weighted by molar-refractivity contribution is 6.35. The van der Waals surface area contributed by atoms with Gasteiger partial charge in [0.25, 0.3) is 0 Å². The quantitative estimate of drug-likeness (QED) is 0.561. The van der Waals surface area contributed by atoms with Gasteiger partial charge in [0.2, 0.25) is 0 Å². The molecule has 100 valence electrons. The van der Waals surface area contributed by atoms with Crippen molar-refractivity contribution in [2.24, 2.45) is 0 Å². The van der Waals surface area contributed by atoms with Crippen LogP contribution in [0.1, 0.15) is 26.2 Å². The molecule has 18 heavy (non-hydrogen) atoms. The normalized spacial score (nSPS) is 19.2. The second-order valence-electron chi connectivity index (χ2n) is 4.63. The fourth-order valence-electron chi connectivity index (χ4n) is 2.21. The summed E-state index contributed by atoms with van der Waals surface area (Å²) in [4.78, 5) is 27.4. The van der Waals surface area contributed by atoms with Gasteiger partial charge in [0, 0.05) is 25.7 Å². The molecule has 1 saturated heterocycles. The Kier molecular flexibility index (Phi) is 5.62. The summed E-state index contributed by atoms with van der Waals surface area (Å²) in [6.07, 6.45) is 6.32. The Bertz CT molecular complexity index is 329. The van der Waals surface area contributed by atoms with E-state index in [2.05, 4.69) is 13.2 Å². The second-order valence-corrected chi connectivity index (χ2v) is 4.63. The lowest BCUT2D eigenvalue weighted by atomic mass is 10.0. The maximum Gasteiger partial charge on any atom is 0.312 e. The number of amides is 2. The van der Waals surface area contributed by atoms with E-state index >= 15 is 0 Å². The highest BCUT2D eigenvalue weighted by Gasteiger charge is 2.30. The average Bonchev–Trinajstić information content (AvgIpc) is 2.37. The zero-order valence-corrected chi connectivity index (χ0v) is 11.1. The van der Waals surface area contributed by atoms with E-state index in [1.165, 1.54) is 4.90 Å². The highest BCUT2D eigenvalue weighted by atomic mass is 16.2. The Balaban J connectivity index is 2.70. The first-order chi connectivity index (χ1) is 8.61. The molecule has 0 aromatic rings. The Hall–Kier alpha value is -1.58. The summed E-state index contributed by atoms with van der Waals surface area (Å²) in [5.74, 6) is -0.852. The van der Waals surface area contributed by atoms with Crippen LogP contribution in [0.4, 0.5) is 0 Å². The average molecular weight is 250 g/mol. The molecule has 0 aliphatic carbocycles. The molecule has 4 heteroatoms. The van der Waals surface area contributed by atoms with Gasteiger partial charge in [-0.25, -0.2) is 0 Å². The van der Waals surface area contributed by atoms with Gasteiger partial charge in [-0.2, -0.15) is 0 Å². The molecule has 1 aliphatic heterocycles. The van der Waals surface area contributed by atoms with Crippen LogP contribution in [0.25, 0.3) is 0 Å². The van der Waals surface area contributed by atoms with E-state index < -0.39 is 11.8 Å². The molecule has 0 spiro atoms. The minimum atomic E-state index is -0.455. The third-order valence-corrected chi connectivity index (χ3v) is 3.23. The van der Waals surface area contributed by atoms with Crippen molar-refractivity contribution in [1.29, 1.82) is 0 Å². The largest absolute Gasteiger partial charge is 0.332 e. The van der Waals surface area contributed by atoms with Crippen LogP contribution >= 0.6 is 0 Å². The molecule has 1 aliphatic rings. The number of hydrogen-bond donors (Lipinski definition) is 0. The first-order valence-corrected chi connectivity index (χ1v) is 6.43. The number of nitrogens with zero attached hydrogens (tertiary/aromatic N) is 2. The summed E-state index contributed by atoms with van der Waals surface area (Å²) in [6.45, 7) is 10.6. The third kappa shape index (κ3) is 3.45. The van der Waals surface area contributed by atoms with Crippen molar-refractivity contribution in [1.82, 2.24) is 9.80 Å². The Labute approximate surface area is 109 Å². The van der Waals surface area contributed by atoms with Crippen LogP contribution in [-0.4, -0.2) is 47.3 Å². The second kappa shape index (κ2) is 6.99. The molecule has 2 amide bonds. The van der Waals surface area contributed by atoms with Crippen LogP contribution in [0.2, 0.25) is 0 Å². The summed E-state index contributed by atoms with van der Waals surface area (Å²) in [5.41, 5.74) is 0. The van der Waals surface area contributed by atoms with Crippen LogP contribution in [0.3, 0.4) is 0 Å². The van der Waals surface area contributed by atoms with Crippen molar-refractivity contribution in [3.63, 3.8) is 0 Å². The lowest BCUT2D eigenvalue weighted by Crippen LogP contribution is -2.50. The van der Waals surface area contributed by atoms with Gasteiger partial charge >= 0.3 is 11.8 Å². The van der Waals surface area contributed by atoms with Crippen molar-refractivity contribution in [2.75, 3.05) is 19.6 Å². The highest BCUT2D eigenvalue weighted by Crippen LogP contribution is 2.17. The minimum absolute atomic E-state index is 0.157. The third-order valence-electron chi connectivity index (χ3n) is 3.23. The number of likely N-dealkylation sites (tertiary alicyclic amines) is 1. The van der Waals surface area contributed by atoms with Gasteiger partial charge in [-0.3, -0.25) is 9.59 Å². The van der Waals surface area contributed by atoms with Gasteiger partial charge in [0.05, 0.1) is 0 Å². The molecule has 1 unspecified atom stereocenters. The zero-order chi connectivity index (χ0) is 13.5. The number of carbonyl (C=O) groups is 2. The summed E-state index contributed by atoms with van der Waals surface area (Å²) in [5, 5.41) is 0. The molecule has 4 nitrogen and oxygen atoms in total. The summed E-state index contributed by atoms with van der Waals surface area (Å²) in [7, 11) is 0. The Morgan fingerprint density at radius 3 is 2.39 bits per heavy atom. The lowest BCUT2D eigenvalue weighted by Gasteiger charge is -2.34. The summed E-state index contributed by atoms with van der Waals surface area (Å²) in [6, 6.07) is 0.157. The van der Waals surface area contributed by atoms with Crippen molar-refractivity contribution in [3.8, 4) is 0 Å². The molecular weight excluding hydrogens is 228 g/mol. The number of rotatable bonds is 4. The molecule has 0 bridgehead atoms. The first-order valence-electron chi connectivity index (χ1n) is 6.43. The lowest BCUT2D eigenvalue weighted by molar-refractivity contribution is -0.153. The van der Waals surface area contributed by atoms with Gasteiger partial charge in [0.1, 0.15) is 0 Å². The van der Waals surface area contributed by atoms with E-state index in [4.69, 9.17) is 0 Å². The van der Waals surface area contributed by atoms with Crippen LogP contribution in [0, 0.1) is 0 Å². The van der Waals surface area contributed by atoms with Gasteiger partial charge in [-0.15, -0.1) is 13.2 Å². The molecule has 0 aromatic carbocycles. The van der Waals surface area contributed by atoms with E-state index in [1.54, 1.807) is 17.1 Å². The van der Waals surface area contributed by atoms with E-state index in [9.17, 15) is 9.59 Å².